The van der Waals surface area contributed by atoms with Crippen LogP contribution < -0.4 is 10.1 Å². The van der Waals surface area contributed by atoms with Crippen molar-refractivity contribution in [2.45, 2.75) is 37.0 Å². The summed E-state index contributed by atoms with van der Waals surface area (Å²) >= 11 is 0. The van der Waals surface area contributed by atoms with Gasteiger partial charge in [-0.15, -0.1) is 0 Å². The van der Waals surface area contributed by atoms with Gasteiger partial charge in [0.25, 0.3) is 0 Å². The summed E-state index contributed by atoms with van der Waals surface area (Å²) in [5.41, 5.74) is 2.69. The lowest BCUT2D eigenvalue weighted by atomic mass is 9.73. The number of ether oxygens (including phenoxy) is 1. The normalized spacial score (nSPS) is 23.6. The number of hydrogen-bond acceptors (Lipinski definition) is 3. The van der Waals surface area contributed by atoms with Gasteiger partial charge in [0.05, 0.1) is 13.5 Å². The van der Waals surface area contributed by atoms with Gasteiger partial charge in [0.1, 0.15) is 5.75 Å². The molecule has 0 radical (unpaired) electrons. The standard InChI is InChI=1S/C16H21NO3/c1-20-12-2-3-13-11(8-15(18)19)10-16(14(13)9-12)4-6-17-7-5-16/h2-3,9,11,17H,4-8,10H2,1H3,(H,18,19). The van der Waals surface area contributed by atoms with E-state index in [4.69, 9.17) is 9.84 Å². The largest absolute Gasteiger partial charge is 0.497 e. The van der Waals surface area contributed by atoms with Crippen LogP contribution in [0.1, 0.15) is 42.7 Å². The highest BCUT2D eigenvalue weighted by Crippen LogP contribution is 2.52. The third kappa shape index (κ3) is 2.18. The minimum absolute atomic E-state index is 0.145. The molecule has 1 aliphatic carbocycles. The van der Waals surface area contributed by atoms with Gasteiger partial charge in [0, 0.05) is 0 Å². The molecule has 1 heterocycles. The van der Waals surface area contributed by atoms with Crippen LogP contribution in [0.15, 0.2) is 18.2 Å². The van der Waals surface area contributed by atoms with E-state index in [1.54, 1.807) is 7.11 Å². The topological polar surface area (TPSA) is 58.6 Å². The SMILES string of the molecule is COc1ccc2c(c1)C1(CCNCC1)CC2CC(=O)O. The molecule has 1 aliphatic heterocycles. The van der Waals surface area contributed by atoms with E-state index in [2.05, 4.69) is 17.4 Å². The number of carbonyl (C=O) groups is 1. The van der Waals surface area contributed by atoms with Crippen molar-refractivity contribution in [3.8, 4) is 5.75 Å². The fraction of sp³-hybridized carbons (Fsp3) is 0.562. The van der Waals surface area contributed by atoms with E-state index in [9.17, 15) is 4.79 Å². The van der Waals surface area contributed by atoms with Crippen molar-refractivity contribution < 1.29 is 14.6 Å². The quantitative estimate of drug-likeness (QED) is 0.888. The van der Waals surface area contributed by atoms with Gasteiger partial charge < -0.3 is 15.2 Å². The van der Waals surface area contributed by atoms with Crippen LogP contribution in [0.25, 0.3) is 0 Å². The summed E-state index contributed by atoms with van der Waals surface area (Å²) in [7, 11) is 1.68. The maximum Gasteiger partial charge on any atom is 0.303 e. The van der Waals surface area contributed by atoms with Crippen LogP contribution in [0.3, 0.4) is 0 Å². The molecule has 3 rings (SSSR count). The number of aliphatic carboxylic acids is 1. The molecule has 4 heteroatoms. The number of methoxy groups -OCH3 is 1. The third-order valence-electron chi connectivity index (χ3n) is 4.89. The van der Waals surface area contributed by atoms with E-state index in [0.717, 1.165) is 38.1 Å². The van der Waals surface area contributed by atoms with E-state index in [0.29, 0.717) is 0 Å². The first-order chi connectivity index (χ1) is 9.64. The van der Waals surface area contributed by atoms with Crippen molar-refractivity contribution in [2.24, 2.45) is 0 Å². The predicted molar refractivity (Wildman–Crippen MR) is 76.4 cm³/mol. The molecular formula is C16H21NO3. The average Bonchev–Trinajstić information content (AvgIpc) is 2.72. The Morgan fingerprint density at radius 1 is 1.45 bits per heavy atom. The zero-order valence-corrected chi connectivity index (χ0v) is 11.8. The second-order valence-corrected chi connectivity index (χ2v) is 5.98. The molecular weight excluding hydrogens is 254 g/mol. The van der Waals surface area contributed by atoms with E-state index >= 15 is 0 Å². The molecule has 108 valence electrons. The van der Waals surface area contributed by atoms with Gasteiger partial charge in [-0.1, -0.05) is 6.07 Å². The summed E-state index contributed by atoms with van der Waals surface area (Å²) in [6, 6.07) is 6.15. The van der Waals surface area contributed by atoms with Crippen molar-refractivity contribution in [1.29, 1.82) is 0 Å². The molecule has 1 aromatic carbocycles. The second-order valence-electron chi connectivity index (χ2n) is 5.98. The lowest BCUT2D eigenvalue weighted by Crippen LogP contribution is -2.38. The zero-order chi connectivity index (χ0) is 14.2. The summed E-state index contributed by atoms with van der Waals surface area (Å²) in [6.07, 6.45) is 3.37. The Hall–Kier alpha value is -1.55. The number of piperidine rings is 1. The first-order valence-electron chi connectivity index (χ1n) is 7.25. The maximum absolute atomic E-state index is 11.1. The summed E-state index contributed by atoms with van der Waals surface area (Å²) < 4.78 is 5.36. The number of carboxylic acids is 1. The molecule has 0 aromatic heterocycles. The first-order valence-corrected chi connectivity index (χ1v) is 7.25. The lowest BCUT2D eigenvalue weighted by Gasteiger charge is -2.35. The van der Waals surface area contributed by atoms with Crippen molar-refractivity contribution in [1.82, 2.24) is 5.32 Å². The first kappa shape index (κ1) is 13.4. The molecule has 2 aliphatic rings. The molecule has 1 aromatic rings. The molecule has 1 fully saturated rings. The van der Waals surface area contributed by atoms with E-state index < -0.39 is 5.97 Å². The Labute approximate surface area is 119 Å². The fourth-order valence-corrected chi connectivity index (χ4v) is 3.94. The Kier molecular flexibility index (Phi) is 3.42. The van der Waals surface area contributed by atoms with Gasteiger partial charge in [-0.05, 0) is 66.9 Å². The molecule has 1 unspecified atom stereocenters. The Bertz CT molecular complexity index is 520. The van der Waals surface area contributed by atoms with Crippen LogP contribution in [0, 0.1) is 0 Å². The number of fused-ring (bicyclic) bond motifs is 2. The third-order valence-corrected chi connectivity index (χ3v) is 4.89. The number of hydrogen-bond donors (Lipinski definition) is 2. The van der Waals surface area contributed by atoms with Crippen LogP contribution >= 0.6 is 0 Å². The Morgan fingerprint density at radius 3 is 2.85 bits per heavy atom. The minimum atomic E-state index is -0.706. The van der Waals surface area contributed by atoms with Gasteiger partial charge in [-0.3, -0.25) is 4.79 Å². The van der Waals surface area contributed by atoms with Crippen LogP contribution in [0.4, 0.5) is 0 Å². The van der Waals surface area contributed by atoms with Gasteiger partial charge >= 0.3 is 5.97 Å². The number of carboxylic acid groups (broad SMARTS) is 1. The Morgan fingerprint density at radius 2 is 2.20 bits per heavy atom. The molecule has 2 N–H and O–H groups in total. The minimum Gasteiger partial charge on any atom is -0.497 e. The predicted octanol–water partition coefficient (Wildman–Crippen LogP) is 2.28. The van der Waals surface area contributed by atoms with Gasteiger partial charge in [0.2, 0.25) is 0 Å². The zero-order valence-electron chi connectivity index (χ0n) is 11.8. The molecule has 4 nitrogen and oxygen atoms in total. The molecule has 1 atom stereocenters. The average molecular weight is 275 g/mol. The summed E-state index contributed by atoms with van der Waals surface area (Å²) in [5.74, 6) is 0.312. The van der Waals surface area contributed by atoms with E-state index in [-0.39, 0.29) is 17.8 Å². The summed E-state index contributed by atoms with van der Waals surface area (Å²) in [4.78, 5) is 11.1. The molecule has 0 bridgehead atoms. The van der Waals surface area contributed by atoms with E-state index in [1.807, 2.05) is 6.07 Å². The molecule has 20 heavy (non-hydrogen) atoms. The lowest BCUT2D eigenvalue weighted by molar-refractivity contribution is -0.137. The van der Waals surface area contributed by atoms with Gasteiger partial charge in [-0.25, -0.2) is 0 Å². The van der Waals surface area contributed by atoms with E-state index in [1.165, 1.54) is 11.1 Å². The van der Waals surface area contributed by atoms with Crippen LogP contribution in [0.5, 0.6) is 5.75 Å². The van der Waals surface area contributed by atoms with Gasteiger partial charge in [0.15, 0.2) is 0 Å². The van der Waals surface area contributed by atoms with Crippen molar-refractivity contribution >= 4 is 5.97 Å². The van der Waals surface area contributed by atoms with Crippen molar-refractivity contribution in [3.05, 3.63) is 29.3 Å². The smallest absolute Gasteiger partial charge is 0.303 e. The molecule has 0 amide bonds. The number of rotatable bonds is 3. The number of nitrogens with one attached hydrogen (secondary N) is 1. The summed E-state index contributed by atoms with van der Waals surface area (Å²) in [6.45, 7) is 2.02. The highest BCUT2D eigenvalue weighted by Gasteiger charge is 2.44. The highest BCUT2D eigenvalue weighted by molar-refractivity contribution is 5.69. The molecule has 0 saturated carbocycles. The van der Waals surface area contributed by atoms with Crippen LogP contribution in [0.2, 0.25) is 0 Å². The monoisotopic (exact) mass is 275 g/mol. The molecule has 1 spiro atoms. The highest BCUT2D eigenvalue weighted by atomic mass is 16.5. The van der Waals surface area contributed by atoms with Crippen molar-refractivity contribution in [2.75, 3.05) is 20.2 Å². The van der Waals surface area contributed by atoms with Crippen LogP contribution in [-0.4, -0.2) is 31.3 Å². The Balaban J connectivity index is 2.02. The van der Waals surface area contributed by atoms with Crippen molar-refractivity contribution in [3.63, 3.8) is 0 Å². The maximum atomic E-state index is 11.1. The number of benzene rings is 1. The summed E-state index contributed by atoms with van der Waals surface area (Å²) in [5, 5.41) is 12.6. The molecule has 1 saturated heterocycles. The van der Waals surface area contributed by atoms with Crippen LogP contribution in [-0.2, 0) is 10.2 Å². The second kappa shape index (κ2) is 5.09. The van der Waals surface area contributed by atoms with Gasteiger partial charge in [-0.2, -0.15) is 0 Å². The fourth-order valence-electron chi connectivity index (χ4n) is 3.94.